The molecule has 2 unspecified atom stereocenters. The summed E-state index contributed by atoms with van der Waals surface area (Å²) in [6.07, 6.45) is -0.543. The Bertz CT molecular complexity index is 352. The average Bonchev–Trinajstić information content (AvgIpc) is 2.35. The van der Waals surface area contributed by atoms with Gasteiger partial charge in [0.25, 0.3) is 0 Å². The van der Waals surface area contributed by atoms with Gasteiger partial charge in [-0.25, -0.2) is 0 Å². The van der Waals surface area contributed by atoms with E-state index in [9.17, 15) is 4.79 Å². The molecule has 4 N–H and O–H groups in total. The van der Waals surface area contributed by atoms with Crippen molar-refractivity contribution in [3.63, 3.8) is 0 Å². The molecule has 0 radical (unpaired) electrons. The minimum atomic E-state index is -0.543. The third kappa shape index (κ3) is 4.17. The summed E-state index contributed by atoms with van der Waals surface area (Å²) in [5, 5.41) is 11.8. The fourth-order valence-corrected chi connectivity index (χ4v) is 1.54. The molecule has 0 spiro atoms. The molecular formula is C13H20N2O2. The van der Waals surface area contributed by atoms with E-state index in [1.807, 2.05) is 30.3 Å². The van der Waals surface area contributed by atoms with Crippen molar-refractivity contribution in [3.8, 4) is 0 Å². The summed E-state index contributed by atoms with van der Waals surface area (Å²) >= 11 is 0. The first kappa shape index (κ1) is 13.7. The van der Waals surface area contributed by atoms with Crippen molar-refractivity contribution in [2.45, 2.75) is 26.0 Å². The van der Waals surface area contributed by atoms with Crippen molar-refractivity contribution in [3.05, 3.63) is 35.9 Å². The lowest BCUT2D eigenvalue weighted by Gasteiger charge is -2.20. The second-order valence-electron chi connectivity index (χ2n) is 4.32. The Kier molecular flexibility index (Phi) is 5.12. The third-order valence-corrected chi connectivity index (χ3v) is 2.71. The van der Waals surface area contributed by atoms with Gasteiger partial charge >= 0.3 is 0 Å². The van der Waals surface area contributed by atoms with Gasteiger partial charge in [-0.3, -0.25) is 4.79 Å². The Morgan fingerprint density at radius 1 is 1.35 bits per heavy atom. The molecule has 1 amide bonds. The quantitative estimate of drug-likeness (QED) is 0.708. The van der Waals surface area contributed by atoms with Crippen molar-refractivity contribution in [1.29, 1.82) is 0 Å². The van der Waals surface area contributed by atoms with Crippen LogP contribution in [0, 0.1) is 5.92 Å². The summed E-state index contributed by atoms with van der Waals surface area (Å²) in [6, 6.07) is 9.19. The molecule has 4 heteroatoms. The zero-order valence-electron chi connectivity index (χ0n) is 10.3. The van der Waals surface area contributed by atoms with Crippen LogP contribution in [0.15, 0.2) is 30.3 Å². The van der Waals surface area contributed by atoms with Gasteiger partial charge in [-0.2, -0.15) is 0 Å². The Hall–Kier alpha value is -1.39. The van der Waals surface area contributed by atoms with Crippen LogP contribution in [0.25, 0.3) is 0 Å². The second-order valence-corrected chi connectivity index (χ2v) is 4.32. The Balaban J connectivity index is 2.57. The molecule has 1 aromatic carbocycles. The minimum Gasteiger partial charge on any atom is -0.392 e. The monoisotopic (exact) mass is 236 g/mol. The first-order chi connectivity index (χ1) is 8.02. The van der Waals surface area contributed by atoms with Gasteiger partial charge < -0.3 is 16.2 Å². The highest BCUT2D eigenvalue weighted by Gasteiger charge is 2.21. The average molecular weight is 236 g/mol. The third-order valence-electron chi connectivity index (χ3n) is 2.71. The summed E-state index contributed by atoms with van der Waals surface area (Å²) in [5.74, 6) is -0.460. The maximum atomic E-state index is 11.8. The van der Waals surface area contributed by atoms with Crippen LogP contribution >= 0.6 is 0 Å². The summed E-state index contributed by atoms with van der Waals surface area (Å²) < 4.78 is 0. The molecule has 0 heterocycles. The van der Waals surface area contributed by atoms with Crippen LogP contribution in [-0.4, -0.2) is 23.7 Å². The second kappa shape index (κ2) is 6.37. The fraction of sp³-hybridized carbons (Fsp3) is 0.462. The Labute approximate surface area is 102 Å². The van der Waals surface area contributed by atoms with Gasteiger partial charge in [0.1, 0.15) is 0 Å². The van der Waals surface area contributed by atoms with E-state index in [0.717, 1.165) is 5.56 Å². The molecule has 94 valence electrons. The summed E-state index contributed by atoms with van der Waals surface area (Å²) in [6.45, 7) is 3.67. The summed E-state index contributed by atoms with van der Waals surface area (Å²) in [5.41, 5.74) is 6.96. The molecule has 1 aromatic rings. The zero-order valence-corrected chi connectivity index (χ0v) is 10.3. The molecule has 1 rings (SSSR count). The number of aliphatic hydroxyl groups is 1. The van der Waals surface area contributed by atoms with E-state index in [1.165, 1.54) is 0 Å². The molecular weight excluding hydrogens is 216 g/mol. The van der Waals surface area contributed by atoms with Crippen LogP contribution in [0.2, 0.25) is 0 Å². The van der Waals surface area contributed by atoms with E-state index < -0.39 is 6.10 Å². The SMILES string of the molecule is CC(C(=O)NC[C@H](C)O)C(N)c1ccccc1. The molecule has 0 aliphatic carbocycles. The van der Waals surface area contributed by atoms with E-state index in [1.54, 1.807) is 13.8 Å². The predicted octanol–water partition coefficient (Wildman–Crippen LogP) is 0.820. The topological polar surface area (TPSA) is 75.3 Å². The molecule has 0 aliphatic heterocycles. The number of hydrogen-bond acceptors (Lipinski definition) is 3. The molecule has 3 atom stereocenters. The largest absolute Gasteiger partial charge is 0.392 e. The lowest BCUT2D eigenvalue weighted by molar-refractivity contribution is -0.125. The normalized spacial score (nSPS) is 16.0. The molecule has 0 aromatic heterocycles. The minimum absolute atomic E-state index is 0.137. The van der Waals surface area contributed by atoms with Crippen LogP contribution in [0.4, 0.5) is 0 Å². The summed E-state index contributed by atoms with van der Waals surface area (Å²) in [4.78, 5) is 11.8. The Morgan fingerprint density at radius 2 is 1.94 bits per heavy atom. The number of rotatable bonds is 5. The molecule has 0 fully saturated rings. The number of nitrogens with two attached hydrogens (primary N) is 1. The van der Waals surface area contributed by atoms with Gasteiger partial charge in [-0.15, -0.1) is 0 Å². The van der Waals surface area contributed by atoms with Crippen LogP contribution in [0.5, 0.6) is 0 Å². The number of nitrogens with one attached hydrogen (secondary N) is 1. The van der Waals surface area contributed by atoms with Gasteiger partial charge in [-0.1, -0.05) is 37.3 Å². The molecule has 0 bridgehead atoms. The lowest BCUT2D eigenvalue weighted by atomic mass is 9.94. The number of amides is 1. The van der Waals surface area contributed by atoms with E-state index in [-0.39, 0.29) is 24.4 Å². The smallest absolute Gasteiger partial charge is 0.224 e. The standard InChI is InChI=1S/C13H20N2O2/c1-9(16)8-15-13(17)10(2)12(14)11-6-4-3-5-7-11/h3-7,9-10,12,16H,8,14H2,1-2H3,(H,15,17)/t9-,10?,12?/m0/s1. The first-order valence-electron chi connectivity index (χ1n) is 5.78. The molecule has 17 heavy (non-hydrogen) atoms. The highest BCUT2D eigenvalue weighted by atomic mass is 16.3. The van der Waals surface area contributed by atoms with Crippen molar-refractivity contribution in [2.24, 2.45) is 11.7 Å². The number of benzene rings is 1. The highest BCUT2D eigenvalue weighted by Crippen LogP contribution is 2.18. The van der Waals surface area contributed by atoms with Crippen LogP contribution in [0.1, 0.15) is 25.5 Å². The van der Waals surface area contributed by atoms with E-state index in [0.29, 0.717) is 0 Å². The van der Waals surface area contributed by atoms with Gasteiger partial charge in [0.15, 0.2) is 0 Å². The van der Waals surface area contributed by atoms with Crippen LogP contribution < -0.4 is 11.1 Å². The molecule has 4 nitrogen and oxygen atoms in total. The molecule has 0 aliphatic rings. The molecule has 0 saturated carbocycles. The van der Waals surface area contributed by atoms with Gasteiger partial charge in [0.05, 0.1) is 12.0 Å². The van der Waals surface area contributed by atoms with Gasteiger partial charge in [0.2, 0.25) is 5.91 Å². The maximum absolute atomic E-state index is 11.8. The fourth-order valence-electron chi connectivity index (χ4n) is 1.54. The van der Waals surface area contributed by atoms with Crippen LogP contribution in [0.3, 0.4) is 0 Å². The Morgan fingerprint density at radius 3 is 2.47 bits per heavy atom. The van der Waals surface area contributed by atoms with E-state index in [2.05, 4.69) is 5.32 Å². The van der Waals surface area contributed by atoms with E-state index >= 15 is 0 Å². The van der Waals surface area contributed by atoms with Gasteiger partial charge in [0, 0.05) is 12.6 Å². The van der Waals surface area contributed by atoms with E-state index in [4.69, 9.17) is 10.8 Å². The van der Waals surface area contributed by atoms with Crippen molar-refractivity contribution in [2.75, 3.05) is 6.54 Å². The number of aliphatic hydroxyl groups excluding tert-OH is 1. The van der Waals surface area contributed by atoms with Crippen molar-refractivity contribution < 1.29 is 9.90 Å². The predicted molar refractivity (Wildman–Crippen MR) is 67.2 cm³/mol. The number of carbonyl (C=O) groups is 1. The van der Waals surface area contributed by atoms with Crippen molar-refractivity contribution in [1.82, 2.24) is 5.32 Å². The summed E-state index contributed by atoms with van der Waals surface area (Å²) in [7, 11) is 0. The highest BCUT2D eigenvalue weighted by molar-refractivity contribution is 5.79. The first-order valence-corrected chi connectivity index (χ1v) is 5.78. The van der Waals surface area contributed by atoms with Gasteiger partial charge in [-0.05, 0) is 12.5 Å². The lowest BCUT2D eigenvalue weighted by Crippen LogP contribution is -2.38. The van der Waals surface area contributed by atoms with Crippen molar-refractivity contribution >= 4 is 5.91 Å². The molecule has 0 saturated heterocycles. The van der Waals surface area contributed by atoms with Crippen LogP contribution in [-0.2, 0) is 4.79 Å². The maximum Gasteiger partial charge on any atom is 0.224 e. The number of carbonyl (C=O) groups excluding carboxylic acids is 1. The zero-order chi connectivity index (χ0) is 12.8. The number of hydrogen-bond donors (Lipinski definition) is 3.